The molecule has 1 aromatic rings. The second kappa shape index (κ2) is 9.34. The van der Waals surface area contributed by atoms with Crippen LogP contribution in [0.1, 0.15) is 59.8 Å². The van der Waals surface area contributed by atoms with Crippen molar-refractivity contribution in [2.75, 3.05) is 31.6 Å². The number of hydrogen-bond donors (Lipinski definition) is 1. The van der Waals surface area contributed by atoms with Crippen molar-refractivity contribution in [2.24, 2.45) is 5.92 Å². The van der Waals surface area contributed by atoms with Crippen LogP contribution < -0.4 is 5.32 Å². The summed E-state index contributed by atoms with van der Waals surface area (Å²) < 4.78 is 5.26. The molecule has 2 aliphatic rings. The first kappa shape index (κ1) is 19.8. The number of nitrogens with zero attached hydrogens (tertiary/aromatic N) is 2. The average Bonchev–Trinajstić information content (AvgIpc) is 3.04. The van der Waals surface area contributed by atoms with Gasteiger partial charge in [-0.1, -0.05) is 0 Å². The first-order valence-corrected chi connectivity index (χ1v) is 10.7. The summed E-state index contributed by atoms with van der Waals surface area (Å²) in [5, 5.41) is 12.5. The van der Waals surface area contributed by atoms with E-state index in [4.69, 9.17) is 10.00 Å². The maximum atomic E-state index is 12.9. The minimum absolute atomic E-state index is 0.0270. The van der Waals surface area contributed by atoms with Gasteiger partial charge in [-0.25, -0.2) is 4.79 Å². The number of nitriles is 1. The molecule has 0 aromatic carbocycles. The lowest BCUT2D eigenvalue weighted by atomic mass is 9.95. The van der Waals surface area contributed by atoms with Crippen LogP contribution in [0.5, 0.6) is 0 Å². The Labute approximate surface area is 164 Å². The zero-order valence-electron chi connectivity index (χ0n) is 15.9. The van der Waals surface area contributed by atoms with E-state index < -0.39 is 0 Å². The van der Waals surface area contributed by atoms with Gasteiger partial charge in [-0.3, -0.25) is 4.79 Å². The highest BCUT2D eigenvalue weighted by Gasteiger charge is 2.30. The van der Waals surface area contributed by atoms with Crippen molar-refractivity contribution in [1.29, 1.82) is 5.26 Å². The third-order valence-corrected chi connectivity index (χ3v) is 6.51. The molecule has 0 radical (unpaired) electrons. The molecule has 1 aliphatic heterocycles. The number of piperidine rings is 1. The minimum Gasteiger partial charge on any atom is -0.462 e. The molecular weight excluding hydrogens is 362 g/mol. The molecule has 2 heterocycles. The van der Waals surface area contributed by atoms with Crippen molar-refractivity contribution in [2.45, 2.75) is 51.9 Å². The molecule has 3 rings (SSSR count). The number of rotatable bonds is 6. The van der Waals surface area contributed by atoms with Crippen molar-refractivity contribution in [3.05, 3.63) is 16.0 Å². The second-order valence-electron chi connectivity index (χ2n) is 7.17. The zero-order valence-corrected chi connectivity index (χ0v) is 16.7. The van der Waals surface area contributed by atoms with Crippen LogP contribution in [0, 0.1) is 17.2 Å². The number of fused-ring (bicyclic) bond motifs is 1. The molecule has 1 amide bonds. The molecule has 0 saturated carbocycles. The van der Waals surface area contributed by atoms with Crippen LogP contribution >= 0.6 is 11.3 Å². The molecule has 6 nitrogen and oxygen atoms in total. The van der Waals surface area contributed by atoms with Gasteiger partial charge in [0.25, 0.3) is 0 Å². The van der Waals surface area contributed by atoms with Crippen LogP contribution in [0.15, 0.2) is 0 Å². The standard InChI is InChI=1S/C20H27N3O3S/c1-2-26-20(25)17-15-8-3-4-9-16(15)27-19(17)22-18(24)14-7-5-11-23(13-14)12-6-10-21/h14H,2-9,11-13H2,1H3,(H,22,24). The predicted molar refractivity (Wildman–Crippen MR) is 105 cm³/mol. The van der Waals surface area contributed by atoms with Crippen molar-refractivity contribution < 1.29 is 14.3 Å². The molecule has 27 heavy (non-hydrogen) atoms. The third kappa shape index (κ3) is 4.69. The number of esters is 1. The Morgan fingerprint density at radius 1 is 1.33 bits per heavy atom. The van der Waals surface area contributed by atoms with Gasteiger partial charge in [0.15, 0.2) is 0 Å². The molecule has 1 fully saturated rings. The molecule has 7 heteroatoms. The maximum absolute atomic E-state index is 12.9. The van der Waals surface area contributed by atoms with Gasteiger partial charge < -0.3 is 15.0 Å². The fourth-order valence-corrected chi connectivity index (χ4v) is 5.25. The molecule has 1 N–H and O–H groups in total. The molecule has 1 saturated heterocycles. The van der Waals surface area contributed by atoms with Crippen LogP contribution in [0.25, 0.3) is 0 Å². The summed E-state index contributed by atoms with van der Waals surface area (Å²) in [5.74, 6) is -0.459. The van der Waals surface area contributed by atoms with Crippen molar-refractivity contribution in [1.82, 2.24) is 4.90 Å². The molecule has 1 unspecified atom stereocenters. The van der Waals surface area contributed by atoms with Crippen LogP contribution in [-0.4, -0.2) is 43.0 Å². The third-order valence-electron chi connectivity index (χ3n) is 5.30. The highest BCUT2D eigenvalue weighted by molar-refractivity contribution is 7.17. The number of hydrogen-bond acceptors (Lipinski definition) is 6. The van der Waals surface area contributed by atoms with E-state index in [9.17, 15) is 9.59 Å². The van der Waals surface area contributed by atoms with E-state index in [0.29, 0.717) is 36.7 Å². The van der Waals surface area contributed by atoms with Gasteiger partial charge in [-0.05, 0) is 57.6 Å². The van der Waals surface area contributed by atoms with E-state index in [1.165, 1.54) is 16.2 Å². The topological polar surface area (TPSA) is 82.4 Å². The molecule has 1 aromatic heterocycles. The predicted octanol–water partition coefficient (Wildman–Crippen LogP) is 3.37. The molecular formula is C20H27N3O3S. The summed E-state index contributed by atoms with van der Waals surface area (Å²) in [4.78, 5) is 28.8. The smallest absolute Gasteiger partial charge is 0.341 e. The van der Waals surface area contributed by atoms with Crippen LogP contribution in [0.2, 0.25) is 0 Å². The first-order valence-electron chi connectivity index (χ1n) is 9.85. The SMILES string of the molecule is CCOC(=O)c1c(NC(=O)C2CCCN(CCC#N)C2)sc2c1CCCC2. The number of ether oxygens (including phenoxy) is 1. The monoisotopic (exact) mass is 389 g/mol. The zero-order chi connectivity index (χ0) is 19.2. The molecule has 1 aliphatic carbocycles. The van der Waals surface area contributed by atoms with Gasteiger partial charge in [0.2, 0.25) is 5.91 Å². The Morgan fingerprint density at radius 3 is 2.93 bits per heavy atom. The van der Waals surface area contributed by atoms with Gasteiger partial charge in [0.05, 0.1) is 24.2 Å². The van der Waals surface area contributed by atoms with E-state index in [1.54, 1.807) is 6.92 Å². The number of likely N-dealkylation sites (tertiary alicyclic amines) is 1. The lowest BCUT2D eigenvalue weighted by Crippen LogP contribution is -2.41. The molecule has 0 bridgehead atoms. The summed E-state index contributed by atoms with van der Waals surface area (Å²) in [6, 6.07) is 2.17. The summed E-state index contributed by atoms with van der Waals surface area (Å²) in [6.45, 7) is 4.45. The molecule has 1 atom stereocenters. The van der Waals surface area contributed by atoms with Crippen LogP contribution in [0.3, 0.4) is 0 Å². The second-order valence-corrected chi connectivity index (χ2v) is 8.28. The van der Waals surface area contributed by atoms with Crippen molar-refractivity contribution >= 4 is 28.2 Å². The quantitative estimate of drug-likeness (QED) is 0.754. The molecule has 146 valence electrons. The number of nitrogens with one attached hydrogen (secondary N) is 1. The van der Waals surface area contributed by atoms with Gasteiger partial charge in [0, 0.05) is 24.4 Å². The van der Waals surface area contributed by atoms with Gasteiger partial charge in [-0.15, -0.1) is 11.3 Å². The highest BCUT2D eigenvalue weighted by Crippen LogP contribution is 2.39. The van der Waals surface area contributed by atoms with Gasteiger partial charge >= 0.3 is 5.97 Å². The number of amides is 1. The highest BCUT2D eigenvalue weighted by atomic mass is 32.1. The number of anilines is 1. The summed E-state index contributed by atoms with van der Waals surface area (Å²) in [5.41, 5.74) is 1.64. The average molecular weight is 390 g/mol. The Morgan fingerprint density at radius 2 is 2.15 bits per heavy atom. The Bertz CT molecular complexity index is 738. The fourth-order valence-electron chi connectivity index (χ4n) is 3.97. The maximum Gasteiger partial charge on any atom is 0.341 e. The van der Waals surface area contributed by atoms with E-state index in [1.807, 2.05) is 0 Å². The number of carbonyl (C=O) groups is 2. The lowest BCUT2D eigenvalue weighted by molar-refractivity contribution is -0.121. The van der Waals surface area contributed by atoms with Gasteiger partial charge in [0.1, 0.15) is 5.00 Å². The number of carbonyl (C=O) groups excluding carboxylic acids is 2. The summed E-state index contributed by atoms with van der Waals surface area (Å²) in [7, 11) is 0. The Hall–Kier alpha value is -1.91. The first-order chi connectivity index (χ1) is 13.1. The van der Waals surface area contributed by atoms with Crippen molar-refractivity contribution in [3.63, 3.8) is 0 Å². The van der Waals surface area contributed by atoms with Crippen molar-refractivity contribution in [3.8, 4) is 6.07 Å². The van der Waals surface area contributed by atoms with Crippen LogP contribution in [-0.2, 0) is 22.4 Å². The Kier molecular flexibility index (Phi) is 6.86. The van der Waals surface area contributed by atoms with Gasteiger partial charge in [-0.2, -0.15) is 5.26 Å². The number of thiophene rings is 1. The lowest BCUT2D eigenvalue weighted by Gasteiger charge is -2.31. The summed E-state index contributed by atoms with van der Waals surface area (Å²) >= 11 is 1.53. The molecule has 0 spiro atoms. The number of aryl methyl sites for hydroxylation is 1. The van der Waals surface area contributed by atoms with E-state index >= 15 is 0 Å². The Balaban J connectivity index is 1.74. The van der Waals surface area contributed by atoms with E-state index in [-0.39, 0.29) is 17.8 Å². The fraction of sp³-hybridized carbons (Fsp3) is 0.650. The largest absolute Gasteiger partial charge is 0.462 e. The normalized spacial score (nSPS) is 19.8. The minimum atomic E-state index is -0.327. The summed E-state index contributed by atoms with van der Waals surface area (Å²) in [6.07, 6.45) is 6.32. The van der Waals surface area contributed by atoms with E-state index in [2.05, 4.69) is 16.3 Å². The van der Waals surface area contributed by atoms with E-state index in [0.717, 1.165) is 50.6 Å². The van der Waals surface area contributed by atoms with Crippen LogP contribution in [0.4, 0.5) is 5.00 Å².